The molecule has 4 heteroatoms. The van der Waals surface area contributed by atoms with Crippen LogP contribution in [0.15, 0.2) is 63.8 Å². The Balaban J connectivity index is 1.94. The zero-order chi connectivity index (χ0) is 16.9. The van der Waals surface area contributed by atoms with Crippen LogP contribution < -0.4 is 15.8 Å². The molecular formula is C20H22N2O2. The van der Waals surface area contributed by atoms with E-state index in [0.717, 1.165) is 29.9 Å². The first-order valence-electron chi connectivity index (χ1n) is 8.32. The Morgan fingerprint density at radius 3 is 2.46 bits per heavy atom. The van der Waals surface area contributed by atoms with E-state index < -0.39 is 0 Å². The van der Waals surface area contributed by atoms with Crippen molar-refractivity contribution >= 4 is 22.3 Å². The molecule has 0 fully saturated rings. The van der Waals surface area contributed by atoms with Crippen LogP contribution in [0.1, 0.15) is 19.4 Å². The highest BCUT2D eigenvalue weighted by molar-refractivity contribution is 5.91. The van der Waals surface area contributed by atoms with Crippen molar-refractivity contribution in [1.82, 2.24) is 0 Å². The Kier molecular flexibility index (Phi) is 4.85. The van der Waals surface area contributed by atoms with Crippen molar-refractivity contribution in [1.29, 1.82) is 0 Å². The number of anilines is 2. The molecule has 0 saturated carbocycles. The van der Waals surface area contributed by atoms with Gasteiger partial charge in [0, 0.05) is 42.8 Å². The van der Waals surface area contributed by atoms with Gasteiger partial charge in [0.1, 0.15) is 5.58 Å². The molecule has 1 heterocycles. The van der Waals surface area contributed by atoms with Gasteiger partial charge >= 0.3 is 5.63 Å². The standard InChI is InChI=1S/C20H22N2O2/c1-3-22(4-2)16-10-11-17-18(13-20(23)24-19(17)12-16)21-14-15-8-6-5-7-9-15/h5-13,21H,3-4,14H2,1-2H3. The van der Waals surface area contributed by atoms with E-state index in [-0.39, 0.29) is 5.63 Å². The van der Waals surface area contributed by atoms with Crippen LogP contribution in [0.3, 0.4) is 0 Å². The summed E-state index contributed by atoms with van der Waals surface area (Å²) in [6, 6.07) is 17.7. The maximum atomic E-state index is 11.9. The third-order valence-corrected chi connectivity index (χ3v) is 4.18. The average Bonchev–Trinajstić information content (AvgIpc) is 2.61. The van der Waals surface area contributed by atoms with Gasteiger partial charge in [-0.25, -0.2) is 4.79 Å². The Morgan fingerprint density at radius 1 is 1.00 bits per heavy atom. The topological polar surface area (TPSA) is 45.5 Å². The second kappa shape index (κ2) is 7.21. The van der Waals surface area contributed by atoms with Crippen LogP contribution in [0.5, 0.6) is 0 Å². The maximum absolute atomic E-state index is 11.9. The van der Waals surface area contributed by atoms with E-state index in [1.807, 2.05) is 30.3 Å². The minimum absolute atomic E-state index is 0.338. The molecule has 24 heavy (non-hydrogen) atoms. The van der Waals surface area contributed by atoms with E-state index >= 15 is 0 Å². The van der Waals surface area contributed by atoms with Crippen LogP contribution in [0.25, 0.3) is 11.0 Å². The molecule has 1 N–H and O–H groups in total. The highest BCUT2D eigenvalue weighted by Gasteiger charge is 2.09. The van der Waals surface area contributed by atoms with Crippen molar-refractivity contribution in [3.05, 3.63) is 70.6 Å². The lowest BCUT2D eigenvalue weighted by molar-refractivity contribution is 0.561. The molecule has 0 unspecified atom stereocenters. The zero-order valence-corrected chi connectivity index (χ0v) is 14.1. The van der Waals surface area contributed by atoms with Crippen LogP contribution in [0.2, 0.25) is 0 Å². The molecule has 0 spiro atoms. The molecule has 0 atom stereocenters. The summed E-state index contributed by atoms with van der Waals surface area (Å²) in [5, 5.41) is 4.27. The molecule has 0 saturated heterocycles. The fourth-order valence-corrected chi connectivity index (χ4v) is 2.88. The normalized spacial score (nSPS) is 10.8. The molecule has 0 amide bonds. The molecule has 0 aliphatic heterocycles. The fourth-order valence-electron chi connectivity index (χ4n) is 2.88. The second-order valence-electron chi connectivity index (χ2n) is 5.67. The maximum Gasteiger partial charge on any atom is 0.338 e. The van der Waals surface area contributed by atoms with Gasteiger partial charge in [-0.3, -0.25) is 0 Å². The number of fused-ring (bicyclic) bond motifs is 1. The molecule has 3 rings (SSSR count). The first kappa shape index (κ1) is 16.1. The molecule has 0 aliphatic carbocycles. The van der Waals surface area contributed by atoms with E-state index in [1.165, 1.54) is 11.6 Å². The van der Waals surface area contributed by atoms with E-state index in [0.29, 0.717) is 12.1 Å². The summed E-state index contributed by atoms with van der Waals surface area (Å²) in [4.78, 5) is 14.1. The van der Waals surface area contributed by atoms with Crippen LogP contribution in [-0.4, -0.2) is 13.1 Å². The van der Waals surface area contributed by atoms with Crippen LogP contribution in [-0.2, 0) is 6.54 Å². The van der Waals surface area contributed by atoms with Crippen LogP contribution in [0.4, 0.5) is 11.4 Å². The van der Waals surface area contributed by atoms with Gasteiger partial charge in [0.25, 0.3) is 0 Å². The number of hydrogen-bond acceptors (Lipinski definition) is 4. The van der Waals surface area contributed by atoms with E-state index in [1.54, 1.807) is 0 Å². The van der Waals surface area contributed by atoms with E-state index in [2.05, 4.69) is 42.3 Å². The third-order valence-electron chi connectivity index (χ3n) is 4.18. The highest BCUT2D eigenvalue weighted by Crippen LogP contribution is 2.26. The van der Waals surface area contributed by atoms with Gasteiger partial charge in [-0.2, -0.15) is 0 Å². The summed E-state index contributed by atoms with van der Waals surface area (Å²) >= 11 is 0. The van der Waals surface area contributed by atoms with Gasteiger partial charge in [0.15, 0.2) is 0 Å². The molecule has 0 radical (unpaired) electrons. The lowest BCUT2D eigenvalue weighted by atomic mass is 10.1. The summed E-state index contributed by atoms with van der Waals surface area (Å²) in [5.41, 5.74) is 3.31. The first-order chi connectivity index (χ1) is 11.7. The zero-order valence-electron chi connectivity index (χ0n) is 14.1. The molecule has 2 aromatic carbocycles. The Bertz CT molecular complexity index is 868. The molecule has 0 bridgehead atoms. The highest BCUT2D eigenvalue weighted by atomic mass is 16.4. The van der Waals surface area contributed by atoms with Crippen LogP contribution >= 0.6 is 0 Å². The molecule has 124 valence electrons. The minimum Gasteiger partial charge on any atom is -0.423 e. The number of benzene rings is 2. The Hall–Kier alpha value is -2.75. The number of hydrogen-bond donors (Lipinski definition) is 1. The Morgan fingerprint density at radius 2 is 1.75 bits per heavy atom. The van der Waals surface area contributed by atoms with Crippen molar-refractivity contribution in [3.8, 4) is 0 Å². The second-order valence-corrected chi connectivity index (χ2v) is 5.67. The minimum atomic E-state index is -0.338. The summed E-state index contributed by atoms with van der Waals surface area (Å²) in [5.74, 6) is 0. The smallest absolute Gasteiger partial charge is 0.338 e. The summed E-state index contributed by atoms with van der Waals surface area (Å²) in [6.45, 7) is 6.72. The molecule has 4 nitrogen and oxygen atoms in total. The number of rotatable bonds is 6. The number of nitrogens with zero attached hydrogens (tertiary/aromatic N) is 1. The van der Waals surface area contributed by atoms with Gasteiger partial charge in [-0.05, 0) is 31.5 Å². The van der Waals surface area contributed by atoms with Crippen molar-refractivity contribution in [2.24, 2.45) is 0 Å². The van der Waals surface area contributed by atoms with E-state index in [9.17, 15) is 4.79 Å². The van der Waals surface area contributed by atoms with E-state index in [4.69, 9.17) is 4.42 Å². The van der Waals surface area contributed by atoms with Gasteiger partial charge in [0.2, 0.25) is 0 Å². The lowest BCUT2D eigenvalue weighted by Gasteiger charge is -2.21. The fraction of sp³-hybridized carbons (Fsp3) is 0.250. The largest absolute Gasteiger partial charge is 0.423 e. The predicted molar refractivity (Wildman–Crippen MR) is 99.8 cm³/mol. The Labute approximate surface area is 141 Å². The summed E-state index contributed by atoms with van der Waals surface area (Å²) in [7, 11) is 0. The van der Waals surface area contributed by atoms with Gasteiger partial charge in [-0.1, -0.05) is 30.3 Å². The van der Waals surface area contributed by atoms with Crippen molar-refractivity contribution in [2.45, 2.75) is 20.4 Å². The van der Waals surface area contributed by atoms with Crippen molar-refractivity contribution in [3.63, 3.8) is 0 Å². The van der Waals surface area contributed by atoms with Crippen molar-refractivity contribution in [2.75, 3.05) is 23.3 Å². The van der Waals surface area contributed by atoms with Crippen LogP contribution in [0, 0.1) is 0 Å². The predicted octanol–water partition coefficient (Wildman–Crippen LogP) is 4.25. The average molecular weight is 322 g/mol. The summed E-state index contributed by atoms with van der Waals surface area (Å²) < 4.78 is 5.41. The van der Waals surface area contributed by atoms with Gasteiger partial charge in [-0.15, -0.1) is 0 Å². The monoisotopic (exact) mass is 322 g/mol. The molecular weight excluding hydrogens is 300 g/mol. The number of nitrogens with one attached hydrogen (secondary N) is 1. The SMILES string of the molecule is CCN(CC)c1ccc2c(NCc3ccccc3)cc(=O)oc2c1. The van der Waals surface area contributed by atoms with Gasteiger partial charge < -0.3 is 14.6 Å². The van der Waals surface area contributed by atoms with Crippen molar-refractivity contribution < 1.29 is 4.42 Å². The third kappa shape index (κ3) is 3.43. The quantitative estimate of drug-likeness (QED) is 0.689. The molecule has 0 aliphatic rings. The first-order valence-corrected chi connectivity index (χ1v) is 8.32. The molecule has 1 aromatic heterocycles. The summed E-state index contributed by atoms with van der Waals surface area (Å²) in [6.07, 6.45) is 0. The van der Waals surface area contributed by atoms with Gasteiger partial charge in [0.05, 0.1) is 5.69 Å². The lowest BCUT2D eigenvalue weighted by Crippen LogP contribution is -2.21. The molecule has 3 aromatic rings.